The van der Waals surface area contributed by atoms with Crippen LogP contribution >= 0.6 is 0 Å². The van der Waals surface area contributed by atoms with Gasteiger partial charge < -0.3 is 14.2 Å². The Kier molecular flexibility index (Phi) is 3.97. The van der Waals surface area contributed by atoms with Gasteiger partial charge in [-0.2, -0.15) is 5.10 Å². The number of fused-ring (bicyclic) bond motifs is 2. The second-order valence-corrected chi connectivity index (χ2v) is 7.96. The molecule has 0 saturated heterocycles. The normalized spacial score (nSPS) is 16.1. The molecule has 6 rings (SSSR count). The molecular formula is C22H23N7O. The molecule has 1 saturated carbocycles. The molecule has 4 heterocycles. The molecular weight excluding hydrogens is 378 g/mol. The van der Waals surface area contributed by atoms with Crippen LogP contribution in [0.4, 0.5) is 5.82 Å². The molecule has 8 nitrogen and oxygen atoms in total. The van der Waals surface area contributed by atoms with Crippen molar-refractivity contribution in [1.29, 1.82) is 0 Å². The van der Waals surface area contributed by atoms with Gasteiger partial charge in [0.15, 0.2) is 5.82 Å². The summed E-state index contributed by atoms with van der Waals surface area (Å²) >= 11 is 0. The minimum Gasteiger partial charge on any atom is -0.490 e. The largest absolute Gasteiger partial charge is 0.490 e. The fraction of sp³-hybridized carbons (Fsp3) is 0.364. The number of H-pyrrole nitrogens is 1. The van der Waals surface area contributed by atoms with Crippen LogP contribution in [0, 0.1) is 0 Å². The zero-order valence-corrected chi connectivity index (χ0v) is 16.9. The lowest BCUT2D eigenvalue weighted by Crippen LogP contribution is -2.34. The van der Waals surface area contributed by atoms with Gasteiger partial charge in [-0.05, 0) is 43.2 Å². The van der Waals surface area contributed by atoms with E-state index in [9.17, 15) is 0 Å². The lowest BCUT2D eigenvalue weighted by molar-refractivity contribution is 0.303. The van der Waals surface area contributed by atoms with E-state index in [2.05, 4.69) is 53.9 Å². The van der Waals surface area contributed by atoms with Gasteiger partial charge in [-0.3, -0.25) is 5.10 Å². The van der Waals surface area contributed by atoms with Gasteiger partial charge in [0, 0.05) is 36.7 Å². The molecule has 152 valence electrons. The lowest BCUT2D eigenvalue weighted by atomic mass is 10.1. The Labute approximate surface area is 173 Å². The van der Waals surface area contributed by atoms with Crippen LogP contribution < -0.4 is 9.64 Å². The number of aromatic nitrogens is 6. The molecule has 0 bridgehead atoms. The lowest BCUT2D eigenvalue weighted by Gasteiger charge is -2.28. The van der Waals surface area contributed by atoms with E-state index in [4.69, 9.17) is 4.74 Å². The number of nitrogens with zero attached hydrogens (tertiary/aromatic N) is 6. The van der Waals surface area contributed by atoms with E-state index in [-0.39, 0.29) is 0 Å². The fourth-order valence-electron chi connectivity index (χ4n) is 4.08. The maximum Gasteiger partial charge on any atom is 0.152 e. The summed E-state index contributed by atoms with van der Waals surface area (Å²) in [5.41, 5.74) is 2.96. The van der Waals surface area contributed by atoms with Gasteiger partial charge in [-0.15, -0.1) is 10.2 Å². The number of benzene rings is 1. The Hall–Kier alpha value is -3.42. The first-order valence-electron chi connectivity index (χ1n) is 10.6. The summed E-state index contributed by atoms with van der Waals surface area (Å²) in [4.78, 5) is 6.88. The Balaban J connectivity index is 1.32. The molecule has 0 atom stereocenters. The average molecular weight is 401 g/mol. The Bertz CT molecular complexity index is 1220. The first-order chi connectivity index (χ1) is 14.8. The first-order valence-corrected chi connectivity index (χ1v) is 10.6. The van der Waals surface area contributed by atoms with Crippen molar-refractivity contribution in [2.24, 2.45) is 0 Å². The predicted octanol–water partition coefficient (Wildman–Crippen LogP) is 3.34. The number of hydrogen-bond donors (Lipinski definition) is 1. The van der Waals surface area contributed by atoms with Crippen LogP contribution in [0.3, 0.4) is 0 Å². The third kappa shape index (κ3) is 2.99. The number of nitrogens with one attached hydrogen (secondary N) is 1. The highest BCUT2D eigenvalue weighted by molar-refractivity contribution is 5.94. The number of pyridine rings is 1. The number of anilines is 1. The average Bonchev–Trinajstić information content (AvgIpc) is 3.35. The van der Waals surface area contributed by atoms with E-state index in [0.29, 0.717) is 12.6 Å². The van der Waals surface area contributed by atoms with E-state index in [1.165, 1.54) is 0 Å². The van der Waals surface area contributed by atoms with Crippen LogP contribution in [0.15, 0.2) is 36.5 Å². The highest BCUT2D eigenvalue weighted by atomic mass is 16.5. The van der Waals surface area contributed by atoms with Gasteiger partial charge in [-0.25, -0.2) is 4.98 Å². The minimum atomic E-state index is 0.375. The number of aryl methyl sites for hydroxylation is 1. The summed E-state index contributed by atoms with van der Waals surface area (Å²) in [5, 5.41) is 17.5. The standard InChI is InChI=1S/C22H23N7O/c1-2-19-25-26-21-13-28(9-10-29(19)21)20-11-14(7-8-23-20)22-17-12-16(30-15-3-4-15)5-6-18(17)24-27-22/h5-8,11-12,15H,2-4,9-10,13H2,1H3,(H,24,27). The Morgan fingerprint density at radius 2 is 2.07 bits per heavy atom. The van der Waals surface area contributed by atoms with Crippen molar-refractivity contribution in [2.75, 3.05) is 11.4 Å². The van der Waals surface area contributed by atoms with Crippen LogP contribution in [-0.2, 0) is 19.5 Å². The molecule has 3 aromatic heterocycles. The molecule has 0 unspecified atom stereocenters. The minimum absolute atomic E-state index is 0.375. The smallest absolute Gasteiger partial charge is 0.152 e. The quantitative estimate of drug-likeness (QED) is 0.552. The zero-order chi connectivity index (χ0) is 20.1. The highest BCUT2D eigenvalue weighted by Gasteiger charge is 2.24. The van der Waals surface area contributed by atoms with Gasteiger partial charge in [0.25, 0.3) is 0 Å². The van der Waals surface area contributed by atoms with E-state index >= 15 is 0 Å². The van der Waals surface area contributed by atoms with Crippen LogP contribution in [0.1, 0.15) is 31.4 Å². The number of hydrogen-bond acceptors (Lipinski definition) is 6. The number of rotatable bonds is 5. The summed E-state index contributed by atoms with van der Waals surface area (Å²) < 4.78 is 8.20. The van der Waals surface area contributed by atoms with E-state index < -0.39 is 0 Å². The first kappa shape index (κ1) is 17.4. The van der Waals surface area contributed by atoms with Gasteiger partial charge in [-0.1, -0.05) is 6.92 Å². The molecule has 1 aliphatic carbocycles. The van der Waals surface area contributed by atoms with Crippen LogP contribution in [0.2, 0.25) is 0 Å². The van der Waals surface area contributed by atoms with Gasteiger partial charge in [0.1, 0.15) is 23.1 Å². The van der Waals surface area contributed by atoms with Crippen LogP contribution in [-0.4, -0.2) is 42.6 Å². The molecule has 1 aliphatic heterocycles. The topological polar surface area (TPSA) is 84.8 Å². The monoisotopic (exact) mass is 401 g/mol. The summed E-state index contributed by atoms with van der Waals surface area (Å²) in [5.74, 6) is 3.89. The van der Waals surface area contributed by atoms with E-state index in [0.717, 1.165) is 77.7 Å². The predicted molar refractivity (Wildman–Crippen MR) is 113 cm³/mol. The molecule has 1 N–H and O–H groups in total. The van der Waals surface area contributed by atoms with Gasteiger partial charge in [0.2, 0.25) is 0 Å². The maximum atomic E-state index is 5.98. The summed E-state index contributed by atoms with van der Waals surface area (Å²) in [7, 11) is 0. The summed E-state index contributed by atoms with van der Waals surface area (Å²) in [6.07, 6.45) is 5.42. The molecule has 1 fully saturated rings. The fourth-order valence-corrected chi connectivity index (χ4v) is 4.08. The Morgan fingerprint density at radius 3 is 2.93 bits per heavy atom. The van der Waals surface area contributed by atoms with Crippen molar-refractivity contribution in [2.45, 2.75) is 45.4 Å². The molecule has 0 spiro atoms. The van der Waals surface area contributed by atoms with Crippen molar-refractivity contribution >= 4 is 16.7 Å². The van der Waals surface area contributed by atoms with Gasteiger partial charge >= 0.3 is 0 Å². The van der Waals surface area contributed by atoms with Gasteiger partial charge in [0.05, 0.1) is 18.2 Å². The van der Waals surface area contributed by atoms with Crippen molar-refractivity contribution < 1.29 is 4.74 Å². The van der Waals surface area contributed by atoms with Crippen molar-refractivity contribution in [1.82, 2.24) is 29.9 Å². The molecule has 30 heavy (non-hydrogen) atoms. The van der Waals surface area contributed by atoms with Crippen molar-refractivity contribution in [3.63, 3.8) is 0 Å². The number of aromatic amines is 1. The number of ether oxygens (including phenoxy) is 1. The molecule has 2 aliphatic rings. The summed E-state index contributed by atoms with van der Waals surface area (Å²) in [6, 6.07) is 10.2. The SMILES string of the molecule is CCc1nnc2n1CCN(c1cc(-c3n[nH]c4ccc(OC5CC5)cc34)ccn1)C2. The van der Waals surface area contributed by atoms with E-state index in [1.807, 2.05) is 24.4 Å². The van der Waals surface area contributed by atoms with E-state index in [1.54, 1.807) is 0 Å². The molecule has 1 aromatic carbocycles. The van der Waals surface area contributed by atoms with Crippen LogP contribution in [0.5, 0.6) is 5.75 Å². The molecule has 4 aromatic rings. The van der Waals surface area contributed by atoms with Crippen molar-refractivity contribution in [3.8, 4) is 17.0 Å². The second-order valence-electron chi connectivity index (χ2n) is 7.96. The maximum absolute atomic E-state index is 5.98. The zero-order valence-electron chi connectivity index (χ0n) is 16.9. The molecule has 0 amide bonds. The third-order valence-electron chi connectivity index (χ3n) is 5.85. The van der Waals surface area contributed by atoms with Crippen LogP contribution in [0.25, 0.3) is 22.2 Å². The third-order valence-corrected chi connectivity index (χ3v) is 5.85. The van der Waals surface area contributed by atoms with Crippen molar-refractivity contribution in [3.05, 3.63) is 48.2 Å². The second kappa shape index (κ2) is 6.83. The molecule has 8 heteroatoms. The summed E-state index contributed by atoms with van der Waals surface area (Å²) in [6.45, 7) is 4.59. The molecule has 0 radical (unpaired) electrons. The highest BCUT2D eigenvalue weighted by Crippen LogP contribution is 2.33. The Morgan fingerprint density at radius 1 is 1.13 bits per heavy atom.